The van der Waals surface area contributed by atoms with E-state index in [0.29, 0.717) is 0 Å². The number of hydrogen-bond donors (Lipinski definition) is 0. The molecule has 5 aromatic rings. The second-order valence-electron chi connectivity index (χ2n) is 5.99. The summed E-state index contributed by atoms with van der Waals surface area (Å²) in [6.07, 6.45) is 0. The zero-order valence-electron chi connectivity index (χ0n) is 12.9. The maximum Gasteiger partial charge on any atom is 0.0562 e. The number of aromatic nitrogens is 1. The Bertz CT molecular complexity index is 1200. The van der Waals surface area contributed by atoms with E-state index in [9.17, 15) is 0 Å². The van der Waals surface area contributed by atoms with Gasteiger partial charge in [-0.15, -0.1) is 0 Å². The van der Waals surface area contributed by atoms with Crippen molar-refractivity contribution in [3.8, 4) is 5.69 Å². The SMILES string of the molecule is Clc1cc2c(c3ccccc13)c1ccccc1n2-c1ccccc1. The zero-order chi connectivity index (χ0) is 16.1. The van der Waals surface area contributed by atoms with Gasteiger partial charge >= 0.3 is 0 Å². The van der Waals surface area contributed by atoms with Crippen LogP contribution in [0.3, 0.4) is 0 Å². The van der Waals surface area contributed by atoms with Crippen molar-refractivity contribution >= 4 is 44.2 Å². The van der Waals surface area contributed by atoms with Crippen molar-refractivity contribution in [2.75, 3.05) is 0 Å². The molecule has 0 amide bonds. The van der Waals surface area contributed by atoms with E-state index in [0.717, 1.165) is 21.6 Å². The fourth-order valence-corrected chi connectivity index (χ4v) is 3.91. The van der Waals surface area contributed by atoms with Crippen molar-refractivity contribution in [2.24, 2.45) is 0 Å². The largest absolute Gasteiger partial charge is 0.309 e. The van der Waals surface area contributed by atoms with Crippen LogP contribution in [-0.4, -0.2) is 4.57 Å². The molecule has 0 saturated carbocycles. The second kappa shape index (κ2) is 5.12. The van der Waals surface area contributed by atoms with E-state index in [4.69, 9.17) is 11.6 Å². The van der Waals surface area contributed by atoms with E-state index in [-0.39, 0.29) is 0 Å². The Morgan fingerprint density at radius 1 is 0.583 bits per heavy atom. The highest BCUT2D eigenvalue weighted by Crippen LogP contribution is 2.39. The van der Waals surface area contributed by atoms with Gasteiger partial charge in [-0.2, -0.15) is 0 Å². The minimum absolute atomic E-state index is 0.790. The number of para-hydroxylation sites is 2. The molecule has 4 aromatic carbocycles. The minimum Gasteiger partial charge on any atom is -0.309 e. The molecule has 24 heavy (non-hydrogen) atoms. The van der Waals surface area contributed by atoms with Crippen LogP contribution in [0.25, 0.3) is 38.3 Å². The van der Waals surface area contributed by atoms with Gasteiger partial charge in [-0.25, -0.2) is 0 Å². The fraction of sp³-hybridized carbons (Fsp3) is 0. The fourth-order valence-electron chi connectivity index (χ4n) is 3.64. The summed E-state index contributed by atoms with van der Waals surface area (Å²) in [5.41, 5.74) is 3.49. The molecule has 0 radical (unpaired) electrons. The number of fused-ring (bicyclic) bond motifs is 5. The van der Waals surface area contributed by atoms with Gasteiger partial charge in [0.15, 0.2) is 0 Å². The summed E-state index contributed by atoms with van der Waals surface area (Å²) in [7, 11) is 0. The molecule has 0 unspecified atom stereocenters. The van der Waals surface area contributed by atoms with Crippen molar-refractivity contribution in [3.05, 3.63) is 90.0 Å². The lowest BCUT2D eigenvalue weighted by atomic mass is 10.0. The number of rotatable bonds is 1. The van der Waals surface area contributed by atoms with Crippen molar-refractivity contribution in [1.82, 2.24) is 4.57 Å². The van der Waals surface area contributed by atoms with Crippen molar-refractivity contribution in [3.63, 3.8) is 0 Å². The molecule has 0 fully saturated rings. The molecule has 114 valence electrons. The van der Waals surface area contributed by atoms with E-state index < -0.39 is 0 Å². The summed E-state index contributed by atoms with van der Waals surface area (Å²) in [5.74, 6) is 0. The first kappa shape index (κ1) is 13.6. The van der Waals surface area contributed by atoms with Gasteiger partial charge in [0.1, 0.15) is 0 Å². The van der Waals surface area contributed by atoms with Gasteiger partial charge < -0.3 is 4.57 Å². The molecular formula is C22H14ClN. The normalized spacial score (nSPS) is 11.5. The first-order valence-electron chi connectivity index (χ1n) is 8.00. The first-order valence-corrected chi connectivity index (χ1v) is 8.38. The molecule has 1 nitrogen and oxygen atoms in total. The van der Waals surface area contributed by atoms with E-state index >= 15 is 0 Å². The Morgan fingerprint density at radius 3 is 2.00 bits per heavy atom. The third-order valence-electron chi connectivity index (χ3n) is 4.64. The predicted molar refractivity (Wildman–Crippen MR) is 103 cm³/mol. The molecule has 1 aromatic heterocycles. The zero-order valence-corrected chi connectivity index (χ0v) is 13.7. The Labute approximate surface area is 144 Å². The van der Waals surface area contributed by atoms with Gasteiger partial charge in [0, 0.05) is 21.8 Å². The van der Waals surface area contributed by atoms with Crippen LogP contribution in [0.4, 0.5) is 0 Å². The molecule has 1 heterocycles. The summed E-state index contributed by atoms with van der Waals surface area (Å²) >= 11 is 6.61. The van der Waals surface area contributed by atoms with Crippen molar-refractivity contribution in [1.29, 1.82) is 0 Å². The highest BCUT2D eigenvalue weighted by atomic mass is 35.5. The maximum atomic E-state index is 6.61. The summed E-state index contributed by atoms with van der Waals surface area (Å²) < 4.78 is 2.29. The van der Waals surface area contributed by atoms with Gasteiger partial charge in [-0.3, -0.25) is 0 Å². The predicted octanol–water partition coefficient (Wildman–Crippen LogP) is 6.59. The van der Waals surface area contributed by atoms with Crippen LogP contribution in [0.2, 0.25) is 5.02 Å². The second-order valence-corrected chi connectivity index (χ2v) is 6.39. The van der Waals surface area contributed by atoms with E-state index in [1.807, 2.05) is 12.1 Å². The maximum absolute atomic E-state index is 6.61. The lowest BCUT2D eigenvalue weighted by molar-refractivity contribution is 1.18. The Balaban J connectivity index is 2.10. The van der Waals surface area contributed by atoms with Crippen LogP contribution >= 0.6 is 11.6 Å². The summed E-state index contributed by atoms with van der Waals surface area (Å²) in [4.78, 5) is 0. The van der Waals surface area contributed by atoms with Gasteiger partial charge in [-0.05, 0) is 29.7 Å². The molecule has 0 aliphatic heterocycles. The van der Waals surface area contributed by atoms with E-state index in [2.05, 4.69) is 77.4 Å². The minimum atomic E-state index is 0.790. The van der Waals surface area contributed by atoms with Crippen LogP contribution in [0.15, 0.2) is 84.9 Å². The molecule has 0 aliphatic rings. The Kier molecular flexibility index (Phi) is 2.91. The van der Waals surface area contributed by atoms with Crippen LogP contribution < -0.4 is 0 Å². The third-order valence-corrected chi connectivity index (χ3v) is 4.96. The molecule has 2 heteroatoms. The van der Waals surface area contributed by atoms with E-state index in [1.165, 1.54) is 21.7 Å². The standard InChI is InChI=1S/C22H14ClN/c23-19-14-21-22(17-11-5-4-10-16(17)19)18-12-6-7-13-20(18)24(21)15-8-2-1-3-9-15/h1-14H. The van der Waals surface area contributed by atoms with E-state index in [1.54, 1.807) is 0 Å². The lowest BCUT2D eigenvalue weighted by Gasteiger charge is -2.08. The number of halogens is 1. The first-order chi connectivity index (χ1) is 11.8. The smallest absolute Gasteiger partial charge is 0.0562 e. The van der Waals surface area contributed by atoms with Crippen LogP contribution in [0, 0.1) is 0 Å². The highest BCUT2D eigenvalue weighted by Gasteiger charge is 2.15. The summed E-state index contributed by atoms with van der Waals surface area (Å²) in [6, 6.07) is 29.4. The third kappa shape index (κ3) is 1.82. The van der Waals surface area contributed by atoms with Crippen LogP contribution in [-0.2, 0) is 0 Å². The van der Waals surface area contributed by atoms with Crippen molar-refractivity contribution < 1.29 is 0 Å². The Morgan fingerprint density at radius 2 is 1.21 bits per heavy atom. The van der Waals surface area contributed by atoms with Crippen molar-refractivity contribution in [2.45, 2.75) is 0 Å². The number of benzene rings is 4. The molecule has 0 aliphatic carbocycles. The van der Waals surface area contributed by atoms with Crippen LogP contribution in [0.5, 0.6) is 0 Å². The summed E-state index contributed by atoms with van der Waals surface area (Å²) in [6.45, 7) is 0. The number of nitrogens with zero attached hydrogens (tertiary/aromatic N) is 1. The molecular weight excluding hydrogens is 314 g/mol. The quantitative estimate of drug-likeness (QED) is 0.327. The molecule has 0 atom stereocenters. The molecule has 0 spiro atoms. The Hall–Kier alpha value is -2.77. The summed E-state index contributed by atoms with van der Waals surface area (Å²) in [5, 5.41) is 5.60. The average Bonchev–Trinajstić information content (AvgIpc) is 2.97. The van der Waals surface area contributed by atoms with Gasteiger partial charge in [0.2, 0.25) is 0 Å². The molecule has 0 N–H and O–H groups in total. The molecule has 0 bridgehead atoms. The highest BCUT2D eigenvalue weighted by molar-refractivity contribution is 6.38. The number of hydrogen-bond acceptors (Lipinski definition) is 0. The van der Waals surface area contributed by atoms with Crippen LogP contribution in [0.1, 0.15) is 0 Å². The average molecular weight is 328 g/mol. The topological polar surface area (TPSA) is 4.93 Å². The monoisotopic (exact) mass is 327 g/mol. The molecule has 0 saturated heterocycles. The van der Waals surface area contributed by atoms with Gasteiger partial charge in [-0.1, -0.05) is 72.3 Å². The van der Waals surface area contributed by atoms with Gasteiger partial charge in [0.25, 0.3) is 0 Å². The van der Waals surface area contributed by atoms with Gasteiger partial charge in [0.05, 0.1) is 16.1 Å². The molecule has 5 rings (SSSR count). The lowest BCUT2D eigenvalue weighted by Crippen LogP contribution is -1.93.